The van der Waals surface area contributed by atoms with Gasteiger partial charge in [0, 0.05) is 0 Å². The number of carbonyl (C=O) groups is 2. The molecule has 0 bridgehead atoms. The van der Waals surface area contributed by atoms with Crippen molar-refractivity contribution in [3.8, 4) is 0 Å². The van der Waals surface area contributed by atoms with Crippen molar-refractivity contribution in [1.82, 2.24) is 0 Å². The molecule has 2 aliphatic carbocycles. The highest BCUT2D eigenvalue weighted by Crippen LogP contribution is 2.31. The minimum atomic E-state index is -0.898. The molecule has 0 aromatic carbocycles. The average molecular weight is 253 g/mol. The van der Waals surface area contributed by atoms with Gasteiger partial charge >= 0.3 is 11.9 Å². The Hall–Kier alpha value is -1.39. The van der Waals surface area contributed by atoms with E-state index < -0.39 is 23.8 Å². The summed E-state index contributed by atoms with van der Waals surface area (Å²) in [4.78, 5) is 27.9. The van der Waals surface area contributed by atoms with Crippen LogP contribution in [-0.2, 0) is 14.4 Å². The fourth-order valence-electron chi connectivity index (χ4n) is 2.76. The number of rotatable bonds is 3. The van der Waals surface area contributed by atoms with Gasteiger partial charge in [-0.05, 0) is 38.5 Å². The van der Waals surface area contributed by atoms with E-state index in [0.29, 0.717) is 12.8 Å². The summed E-state index contributed by atoms with van der Waals surface area (Å²) in [7, 11) is 0. The fourth-order valence-corrected chi connectivity index (χ4v) is 2.76. The monoisotopic (exact) mass is 253 g/mol. The second-order valence-electron chi connectivity index (χ2n) is 5.11. The number of carboxylic acids is 1. The Morgan fingerprint density at radius 1 is 1.06 bits per heavy atom. The molecule has 2 rings (SSSR count). The van der Waals surface area contributed by atoms with Crippen LogP contribution in [0.5, 0.6) is 0 Å². The molecule has 2 fully saturated rings. The van der Waals surface area contributed by atoms with Crippen molar-refractivity contribution in [3.63, 3.8) is 0 Å². The molecule has 2 unspecified atom stereocenters. The summed E-state index contributed by atoms with van der Waals surface area (Å²) in [5.41, 5.74) is 0.922. The minimum absolute atomic E-state index is 0.471. The molecule has 0 amide bonds. The summed E-state index contributed by atoms with van der Waals surface area (Å²) in [6, 6.07) is 0. The Labute approximate surface area is 106 Å². The third-order valence-corrected chi connectivity index (χ3v) is 3.83. The zero-order valence-electron chi connectivity index (χ0n) is 10.4. The van der Waals surface area contributed by atoms with Gasteiger partial charge in [0.1, 0.15) is 0 Å². The van der Waals surface area contributed by atoms with Crippen molar-refractivity contribution in [2.75, 3.05) is 0 Å². The average Bonchev–Trinajstić information content (AvgIpc) is 2.89. The minimum Gasteiger partial charge on any atom is -0.481 e. The SMILES string of the molecule is O=C(O)C1CCCCC1C(=O)ON=C1CCCC1. The highest BCUT2D eigenvalue weighted by Gasteiger charge is 2.37. The molecule has 2 saturated carbocycles. The van der Waals surface area contributed by atoms with E-state index in [1.165, 1.54) is 0 Å². The Bertz CT molecular complexity index is 356. The predicted octanol–water partition coefficient (Wildman–Crippen LogP) is 2.35. The number of nitrogens with zero attached hydrogens (tertiary/aromatic N) is 1. The van der Waals surface area contributed by atoms with Crippen molar-refractivity contribution >= 4 is 17.7 Å². The second-order valence-corrected chi connectivity index (χ2v) is 5.11. The lowest BCUT2D eigenvalue weighted by Crippen LogP contribution is -2.33. The molecular formula is C13H19NO4. The molecule has 5 heteroatoms. The van der Waals surface area contributed by atoms with Crippen LogP contribution in [0, 0.1) is 11.8 Å². The lowest BCUT2D eigenvalue weighted by atomic mass is 9.79. The molecule has 0 saturated heterocycles. The molecule has 2 atom stereocenters. The summed E-state index contributed by atoms with van der Waals surface area (Å²) < 4.78 is 0. The second kappa shape index (κ2) is 5.98. The Kier molecular flexibility index (Phi) is 4.33. The van der Waals surface area contributed by atoms with Crippen LogP contribution in [0.15, 0.2) is 5.16 Å². The quantitative estimate of drug-likeness (QED) is 0.618. The topological polar surface area (TPSA) is 76.0 Å². The van der Waals surface area contributed by atoms with E-state index in [0.717, 1.165) is 44.2 Å². The number of hydrogen-bond donors (Lipinski definition) is 1. The van der Waals surface area contributed by atoms with Gasteiger partial charge in [0.25, 0.3) is 0 Å². The molecule has 2 aliphatic rings. The summed E-state index contributed by atoms with van der Waals surface area (Å²) >= 11 is 0. The smallest absolute Gasteiger partial charge is 0.338 e. The van der Waals surface area contributed by atoms with Gasteiger partial charge < -0.3 is 9.94 Å². The van der Waals surface area contributed by atoms with E-state index in [2.05, 4.69) is 5.16 Å². The van der Waals surface area contributed by atoms with Crippen LogP contribution in [-0.4, -0.2) is 22.8 Å². The van der Waals surface area contributed by atoms with E-state index >= 15 is 0 Å². The van der Waals surface area contributed by atoms with Crippen molar-refractivity contribution in [1.29, 1.82) is 0 Å². The predicted molar refractivity (Wildman–Crippen MR) is 65.1 cm³/mol. The van der Waals surface area contributed by atoms with Crippen LogP contribution in [0.25, 0.3) is 0 Å². The normalized spacial score (nSPS) is 27.9. The van der Waals surface area contributed by atoms with Crippen LogP contribution >= 0.6 is 0 Å². The molecule has 0 aliphatic heterocycles. The number of oxime groups is 1. The standard InChI is InChI=1S/C13H19NO4/c15-12(16)10-7-3-4-8-11(10)13(17)18-14-9-5-1-2-6-9/h10-11H,1-8H2,(H,15,16). The van der Waals surface area contributed by atoms with E-state index in [-0.39, 0.29) is 0 Å². The molecule has 0 spiro atoms. The van der Waals surface area contributed by atoms with Crippen LogP contribution in [0.3, 0.4) is 0 Å². The summed E-state index contributed by atoms with van der Waals surface area (Å²) in [5.74, 6) is -2.50. The van der Waals surface area contributed by atoms with Gasteiger partial charge in [0.2, 0.25) is 0 Å². The highest BCUT2D eigenvalue weighted by atomic mass is 16.7. The van der Waals surface area contributed by atoms with Crippen LogP contribution in [0.4, 0.5) is 0 Å². The Morgan fingerprint density at radius 3 is 2.28 bits per heavy atom. The third kappa shape index (κ3) is 3.09. The molecule has 100 valence electrons. The van der Waals surface area contributed by atoms with E-state index in [4.69, 9.17) is 9.94 Å². The molecule has 1 N–H and O–H groups in total. The van der Waals surface area contributed by atoms with Crippen LogP contribution in [0.1, 0.15) is 51.4 Å². The maximum atomic E-state index is 11.9. The van der Waals surface area contributed by atoms with Gasteiger partial charge in [-0.15, -0.1) is 0 Å². The molecule has 0 aromatic heterocycles. The van der Waals surface area contributed by atoms with Gasteiger partial charge in [-0.3, -0.25) is 4.79 Å². The summed E-state index contributed by atoms with van der Waals surface area (Å²) in [5, 5.41) is 13.0. The first-order valence-corrected chi connectivity index (χ1v) is 6.68. The highest BCUT2D eigenvalue weighted by molar-refractivity contribution is 5.87. The summed E-state index contributed by atoms with van der Waals surface area (Å²) in [6.07, 6.45) is 6.89. The lowest BCUT2D eigenvalue weighted by molar-refractivity contribution is -0.159. The molecular weight excluding hydrogens is 234 g/mol. The maximum Gasteiger partial charge on any atom is 0.338 e. The zero-order chi connectivity index (χ0) is 13.0. The molecule has 0 heterocycles. The maximum absolute atomic E-state index is 11.9. The largest absolute Gasteiger partial charge is 0.481 e. The van der Waals surface area contributed by atoms with Gasteiger partial charge in [0.15, 0.2) is 0 Å². The van der Waals surface area contributed by atoms with Gasteiger partial charge in [0.05, 0.1) is 17.5 Å². The first-order valence-electron chi connectivity index (χ1n) is 6.68. The summed E-state index contributed by atoms with van der Waals surface area (Å²) in [6.45, 7) is 0. The van der Waals surface area contributed by atoms with E-state index in [1.54, 1.807) is 0 Å². The molecule has 5 nitrogen and oxygen atoms in total. The van der Waals surface area contributed by atoms with E-state index in [1.807, 2.05) is 0 Å². The first kappa shape index (κ1) is 13.1. The molecule has 0 radical (unpaired) electrons. The Balaban J connectivity index is 1.93. The van der Waals surface area contributed by atoms with Crippen molar-refractivity contribution in [3.05, 3.63) is 0 Å². The molecule has 18 heavy (non-hydrogen) atoms. The van der Waals surface area contributed by atoms with Crippen molar-refractivity contribution < 1.29 is 19.5 Å². The van der Waals surface area contributed by atoms with Crippen LogP contribution < -0.4 is 0 Å². The lowest BCUT2D eigenvalue weighted by Gasteiger charge is -2.25. The number of hydrogen-bond acceptors (Lipinski definition) is 4. The van der Waals surface area contributed by atoms with E-state index in [9.17, 15) is 9.59 Å². The van der Waals surface area contributed by atoms with Gasteiger partial charge in [-0.1, -0.05) is 18.0 Å². The van der Waals surface area contributed by atoms with Gasteiger partial charge in [-0.25, -0.2) is 4.79 Å². The molecule has 0 aromatic rings. The van der Waals surface area contributed by atoms with Crippen LogP contribution in [0.2, 0.25) is 0 Å². The Morgan fingerprint density at radius 2 is 1.67 bits per heavy atom. The fraction of sp³-hybridized carbons (Fsp3) is 0.769. The first-order chi connectivity index (χ1) is 8.68. The zero-order valence-corrected chi connectivity index (χ0v) is 10.4. The number of carbonyl (C=O) groups excluding carboxylic acids is 1. The van der Waals surface area contributed by atoms with Gasteiger partial charge in [-0.2, -0.15) is 0 Å². The van der Waals surface area contributed by atoms with Crippen molar-refractivity contribution in [2.24, 2.45) is 17.0 Å². The van der Waals surface area contributed by atoms with Crippen molar-refractivity contribution in [2.45, 2.75) is 51.4 Å². The number of aliphatic carboxylic acids is 1. The third-order valence-electron chi connectivity index (χ3n) is 3.83. The number of carboxylic acid groups (broad SMARTS) is 1.